The first kappa shape index (κ1) is 22.4. The summed E-state index contributed by atoms with van der Waals surface area (Å²) in [5, 5.41) is 10.2. The maximum absolute atomic E-state index is 12.1. The SMILES string of the molecule is Cc1nc(S(C)=O)nc(C)c1COc1cc(/C=C2\SC(=O)N(C)C2=O)c(Br)cc1O. The molecule has 1 N–H and O–H groups in total. The van der Waals surface area contributed by atoms with Gasteiger partial charge in [-0.25, -0.2) is 9.97 Å². The highest BCUT2D eigenvalue weighted by molar-refractivity contribution is 9.10. The zero-order chi connectivity index (χ0) is 22.2. The second-order valence-corrected chi connectivity index (χ2v) is 9.60. The number of rotatable bonds is 5. The summed E-state index contributed by atoms with van der Waals surface area (Å²) in [6, 6.07) is 3.03. The van der Waals surface area contributed by atoms with Crippen LogP contribution in [0.25, 0.3) is 6.08 Å². The topological polar surface area (TPSA) is 110 Å². The normalized spacial score (nSPS) is 16.4. The average molecular weight is 512 g/mol. The minimum absolute atomic E-state index is 0.0917. The van der Waals surface area contributed by atoms with Gasteiger partial charge < -0.3 is 9.84 Å². The molecule has 0 saturated carbocycles. The maximum atomic E-state index is 12.1. The molecule has 11 heteroatoms. The third-order valence-electron chi connectivity index (χ3n) is 4.38. The number of hydrogen-bond donors (Lipinski definition) is 1. The summed E-state index contributed by atoms with van der Waals surface area (Å²) < 4.78 is 18.0. The first-order valence-electron chi connectivity index (χ1n) is 8.63. The number of hydrogen-bond acceptors (Lipinski definition) is 8. The molecule has 1 fully saturated rings. The lowest BCUT2D eigenvalue weighted by molar-refractivity contribution is -0.121. The highest BCUT2D eigenvalue weighted by atomic mass is 79.9. The highest BCUT2D eigenvalue weighted by Crippen LogP contribution is 2.37. The number of carbonyl (C=O) groups excluding carboxylic acids is 2. The third kappa shape index (κ3) is 4.57. The molecule has 30 heavy (non-hydrogen) atoms. The number of amides is 2. The summed E-state index contributed by atoms with van der Waals surface area (Å²) in [4.78, 5) is 33.6. The minimum atomic E-state index is -1.29. The fraction of sp³-hybridized carbons (Fsp3) is 0.263. The van der Waals surface area contributed by atoms with Crippen LogP contribution in [0.1, 0.15) is 22.5 Å². The molecule has 158 valence electrons. The van der Waals surface area contributed by atoms with Crippen LogP contribution in [-0.2, 0) is 22.2 Å². The van der Waals surface area contributed by atoms with Gasteiger partial charge in [-0.05, 0) is 49.4 Å². The molecule has 0 bridgehead atoms. The van der Waals surface area contributed by atoms with Gasteiger partial charge in [0, 0.05) is 34.7 Å². The first-order valence-corrected chi connectivity index (χ1v) is 11.8. The first-order chi connectivity index (χ1) is 14.1. The van der Waals surface area contributed by atoms with E-state index < -0.39 is 10.8 Å². The molecule has 1 aliphatic heterocycles. The van der Waals surface area contributed by atoms with Crippen LogP contribution >= 0.6 is 27.7 Å². The summed E-state index contributed by atoms with van der Waals surface area (Å²) in [7, 11) is 0.132. The Morgan fingerprint density at radius 1 is 1.27 bits per heavy atom. The van der Waals surface area contributed by atoms with Crippen LogP contribution in [0.2, 0.25) is 0 Å². The van der Waals surface area contributed by atoms with Gasteiger partial charge in [-0.1, -0.05) is 15.9 Å². The van der Waals surface area contributed by atoms with Gasteiger partial charge in [0.15, 0.2) is 11.5 Å². The van der Waals surface area contributed by atoms with Gasteiger partial charge in [0.25, 0.3) is 11.1 Å². The number of phenolic OH excluding ortho intramolecular Hbond substituents is 1. The molecule has 3 rings (SSSR count). The maximum Gasteiger partial charge on any atom is 0.293 e. The number of nitrogens with zero attached hydrogens (tertiary/aromatic N) is 3. The summed E-state index contributed by atoms with van der Waals surface area (Å²) in [5.74, 6) is -0.281. The minimum Gasteiger partial charge on any atom is -0.504 e. The predicted octanol–water partition coefficient (Wildman–Crippen LogP) is 3.54. The predicted molar refractivity (Wildman–Crippen MR) is 118 cm³/mol. The van der Waals surface area contributed by atoms with Crippen molar-refractivity contribution in [3.05, 3.63) is 44.0 Å². The fourth-order valence-electron chi connectivity index (χ4n) is 2.67. The molecule has 1 unspecified atom stereocenters. The Kier molecular flexibility index (Phi) is 6.63. The van der Waals surface area contributed by atoms with Gasteiger partial charge in [0.05, 0.1) is 15.7 Å². The molecule has 1 aromatic carbocycles. The Bertz CT molecular complexity index is 1100. The number of carbonyl (C=O) groups is 2. The summed E-state index contributed by atoms with van der Waals surface area (Å²) in [5.41, 5.74) is 2.57. The molecule has 2 aromatic rings. The molecule has 1 atom stereocenters. The standard InChI is InChI=1S/C19H18BrN3O5S2/c1-9-12(10(2)22-18(21-9)30(4)27)8-28-15-5-11(13(20)7-14(15)24)6-16-17(25)23(3)19(26)29-16/h5-7,24H,8H2,1-4H3/b16-6-. The Balaban J connectivity index is 1.88. The van der Waals surface area contributed by atoms with Crippen LogP contribution in [0.3, 0.4) is 0 Å². The number of imide groups is 1. The summed E-state index contributed by atoms with van der Waals surface area (Å²) in [6.07, 6.45) is 3.08. The molecule has 1 aliphatic rings. The lowest BCUT2D eigenvalue weighted by Crippen LogP contribution is -2.22. The number of likely N-dealkylation sites (N-methyl/N-ethyl adjacent to an activating group) is 1. The van der Waals surface area contributed by atoms with E-state index in [0.717, 1.165) is 22.2 Å². The fourth-order valence-corrected chi connectivity index (χ4v) is 4.46. The van der Waals surface area contributed by atoms with Crippen molar-refractivity contribution >= 4 is 55.7 Å². The number of halogens is 1. The number of aryl methyl sites for hydroxylation is 2. The number of benzene rings is 1. The molecular weight excluding hydrogens is 494 g/mol. The molecule has 2 amide bonds. The quantitative estimate of drug-likeness (QED) is 0.479. The lowest BCUT2D eigenvalue weighted by Gasteiger charge is -2.13. The molecule has 1 saturated heterocycles. The lowest BCUT2D eigenvalue weighted by atomic mass is 10.1. The molecule has 0 radical (unpaired) electrons. The smallest absolute Gasteiger partial charge is 0.293 e. The van der Waals surface area contributed by atoms with E-state index in [1.807, 2.05) is 0 Å². The molecule has 1 aromatic heterocycles. The largest absolute Gasteiger partial charge is 0.504 e. The van der Waals surface area contributed by atoms with E-state index in [1.165, 1.54) is 19.4 Å². The Hall–Kier alpha value is -2.24. The van der Waals surface area contributed by atoms with E-state index in [-0.39, 0.29) is 39.3 Å². The van der Waals surface area contributed by atoms with Crippen molar-refractivity contribution in [2.24, 2.45) is 0 Å². The Labute approximate surface area is 188 Å². The zero-order valence-electron chi connectivity index (χ0n) is 16.6. The van der Waals surface area contributed by atoms with Crippen LogP contribution in [0, 0.1) is 13.8 Å². The van der Waals surface area contributed by atoms with Crippen molar-refractivity contribution in [3.8, 4) is 11.5 Å². The number of aromatic nitrogens is 2. The van der Waals surface area contributed by atoms with Crippen molar-refractivity contribution in [1.82, 2.24) is 14.9 Å². The van der Waals surface area contributed by atoms with E-state index in [4.69, 9.17) is 4.74 Å². The number of thioether (sulfide) groups is 1. The highest BCUT2D eigenvalue weighted by Gasteiger charge is 2.32. The van der Waals surface area contributed by atoms with Crippen LogP contribution in [0.5, 0.6) is 11.5 Å². The van der Waals surface area contributed by atoms with Gasteiger partial charge in [-0.2, -0.15) is 0 Å². The molecule has 0 spiro atoms. The number of ether oxygens (including phenoxy) is 1. The van der Waals surface area contributed by atoms with Crippen molar-refractivity contribution in [2.45, 2.75) is 25.6 Å². The molecule has 8 nitrogen and oxygen atoms in total. The van der Waals surface area contributed by atoms with Crippen LogP contribution in [0.4, 0.5) is 4.79 Å². The molecule has 0 aliphatic carbocycles. The van der Waals surface area contributed by atoms with Gasteiger partial charge >= 0.3 is 0 Å². The van der Waals surface area contributed by atoms with Gasteiger partial charge in [0.1, 0.15) is 6.61 Å². The van der Waals surface area contributed by atoms with Crippen molar-refractivity contribution in [1.29, 1.82) is 0 Å². The van der Waals surface area contributed by atoms with Gasteiger partial charge in [-0.15, -0.1) is 0 Å². The Morgan fingerprint density at radius 3 is 2.43 bits per heavy atom. The van der Waals surface area contributed by atoms with Crippen molar-refractivity contribution in [2.75, 3.05) is 13.3 Å². The van der Waals surface area contributed by atoms with E-state index in [0.29, 0.717) is 21.4 Å². The van der Waals surface area contributed by atoms with Crippen LogP contribution in [-0.4, -0.2) is 48.6 Å². The van der Waals surface area contributed by atoms with E-state index in [1.54, 1.807) is 26.0 Å². The summed E-state index contributed by atoms with van der Waals surface area (Å²) in [6.45, 7) is 3.64. The zero-order valence-corrected chi connectivity index (χ0v) is 19.8. The molecular formula is C19H18BrN3O5S2. The monoisotopic (exact) mass is 511 g/mol. The van der Waals surface area contributed by atoms with E-state index in [2.05, 4.69) is 25.9 Å². The van der Waals surface area contributed by atoms with Crippen molar-refractivity contribution < 1.29 is 23.6 Å². The second-order valence-electron chi connectivity index (χ2n) is 6.48. The van der Waals surface area contributed by atoms with Crippen LogP contribution in [0.15, 0.2) is 26.7 Å². The average Bonchev–Trinajstić information content (AvgIpc) is 2.90. The van der Waals surface area contributed by atoms with Gasteiger partial charge in [0.2, 0.25) is 5.16 Å². The van der Waals surface area contributed by atoms with E-state index in [9.17, 15) is 18.9 Å². The number of aromatic hydroxyl groups is 1. The van der Waals surface area contributed by atoms with Gasteiger partial charge in [-0.3, -0.25) is 18.7 Å². The molecule has 2 heterocycles. The second kappa shape index (κ2) is 8.86. The summed E-state index contributed by atoms with van der Waals surface area (Å²) >= 11 is 4.20. The Morgan fingerprint density at radius 2 is 1.90 bits per heavy atom. The van der Waals surface area contributed by atoms with Crippen molar-refractivity contribution in [3.63, 3.8) is 0 Å². The third-order valence-corrected chi connectivity index (χ3v) is 6.73. The van der Waals surface area contributed by atoms with E-state index >= 15 is 0 Å². The number of phenols is 1. The van der Waals surface area contributed by atoms with Crippen LogP contribution < -0.4 is 4.74 Å².